The van der Waals surface area contributed by atoms with E-state index in [1.54, 1.807) is 0 Å². The second-order valence-electron chi connectivity index (χ2n) is 5.21. The molecule has 25 heavy (non-hydrogen) atoms. The highest BCUT2D eigenvalue weighted by Gasteiger charge is 2.65. The van der Waals surface area contributed by atoms with Gasteiger partial charge in [0, 0.05) is 6.54 Å². The standard InChI is InChI=1S/C12H13Cl5F5N3/c1-2-3-4-5-6-25-8(9(13,14)11(15,16)17)7(23-24-25)10(18,19)12(20,21)22/h2-6H2,1H3. The summed E-state index contributed by atoms with van der Waals surface area (Å²) in [6, 6.07) is 0. The fraction of sp³-hybridized carbons (Fsp3) is 0.833. The van der Waals surface area contributed by atoms with Gasteiger partial charge in [0.25, 0.3) is 0 Å². The van der Waals surface area contributed by atoms with Crippen molar-refractivity contribution in [2.75, 3.05) is 0 Å². The highest BCUT2D eigenvalue weighted by Crippen LogP contribution is 2.56. The minimum atomic E-state index is -5.96. The topological polar surface area (TPSA) is 30.7 Å². The lowest BCUT2D eigenvalue weighted by molar-refractivity contribution is -0.291. The Hall–Kier alpha value is 0.240. The summed E-state index contributed by atoms with van der Waals surface area (Å²) in [5, 5.41) is 6.25. The normalized spacial score (nSPS) is 14.2. The molecule has 1 heterocycles. The Morgan fingerprint density at radius 1 is 0.920 bits per heavy atom. The quantitative estimate of drug-likeness (QED) is 0.258. The van der Waals surface area contributed by atoms with Gasteiger partial charge in [-0.25, -0.2) is 4.68 Å². The van der Waals surface area contributed by atoms with Gasteiger partial charge in [0.15, 0.2) is 5.69 Å². The maximum Gasteiger partial charge on any atom is 0.459 e. The van der Waals surface area contributed by atoms with Crippen molar-refractivity contribution in [3.05, 3.63) is 11.4 Å². The minimum absolute atomic E-state index is 0.0712. The highest BCUT2D eigenvalue weighted by molar-refractivity contribution is 6.75. The molecular formula is C12H13Cl5F5N3. The summed E-state index contributed by atoms with van der Waals surface area (Å²) < 4.78 is 61.2. The third kappa shape index (κ3) is 4.94. The molecule has 0 saturated heterocycles. The minimum Gasteiger partial charge on any atom is -0.246 e. The predicted octanol–water partition coefficient (Wildman–Crippen LogP) is 6.51. The van der Waals surface area contributed by atoms with Gasteiger partial charge in [0.2, 0.25) is 8.13 Å². The first-order valence-electron chi connectivity index (χ1n) is 7.01. The van der Waals surface area contributed by atoms with E-state index in [1.807, 2.05) is 6.92 Å². The molecule has 0 saturated carbocycles. The first-order chi connectivity index (χ1) is 11.2. The molecule has 0 aliphatic rings. The molecule has 0 atom stereocenters. The van der Waals surface area contributed by atoms with Crippen molar-refractivity contribution in [1.82, 2.24) is 15.0 Å². The van der Waals surface area contributed by atoms with Crippen molar-refractivity contribution in [3.63, 3.8) is 0 Å². The Kier molecular flexibility index (Phi) is 7.53. The Morgan fingerprint density at radius 3 is 1.92 bits per heavy atom. The third-order valence-corrected chi connectivity index (χ3v) is 5.62. The second-order valence-corrected chi connectivity index (χ2v) is 8.82. The van der Waals surface area contributed by atoms with E-state index < -0.39 is 31.6 Å². The Morgan fingerprint density at radius 2 is 1.48 bits per heavy atom. The van der Waals surface area contributed by atoms with Crippen LogP contribution in [0, 0.1) is 0 Å². The zero-order valence-corrected chi connectivity index (χ0v) is 16.4. The summed E-state index contributed by atoms with van der Waals surface area (Å²) in [6.07, 6.45) is -3.17. The molecule has 1 aromatic rings. The van der Waals surface area contributed by atoms with Crippen molar-refractivity contribution in [2.45, 2.75) is 59.4 Å². The number of halogens is 10. The van der Waals surface area contributed by atoms with Crippen molar-refractivity contribution >= 4 is 58.0 Å². The SMILES string of the molecule is CCCCCCn1nnc(C(F)(F)C(F)(F)F)c1C(Cl)(Cl)C(Cl)(Cl)Cl. The van der Waals surface area contributed by atoms with E-state index in [-0.39, 0.29) is 6.54 Å². The molecular weight excluding hydrogens is 458 g/mol. The molecule has 0 amide bonds. The molecule has 13 heteroatoms. The van der Waals surface area contributed by atoms with Gasteiger partial charge in [-0.15, -0.1) is 5.10 Å². The van der Waals surface area contributed by atoms with Gasteiger partial charge >= 0.3 is 12.1 Å². The summed E-state index contributed by atoms with van der Waals surface area (Å²) in [6.45, 7) is 1.87. The van der Waals surface area contributed by atoms with Crippen LogP contribution in [0.15, 0.2) is 0 Å². The first kappa shape index (κ1) is 23.3. The Balaban J connectivity index is 3.43. The van der Waals surface area contributed by atoms with E-state index in [9.17, 15) is 22.0 Å². The maximum atomic E-state index is 13.8. The molecule has 0 radical (unpaired) electrons. The average Bonchev–Trinajstić information content (AvgIpc) is 2.86. The number of aromatic nitrogens is 3. The molecule has 3 nitrogen and oxygen atoms in total. The molecule has 0 bridgehead atoms. The average molecular weight is 472 g/mol. The number of hydrogen-bond acceptors (Lipinski definition) is 2. The predicted molar refractivity (Wildman–Crippen MR) is 87.8 cm³/mol. The molecule has 0 N–H and O–H groups in total. The highest BCUT2D eigenvalue weighted by atomic mass is 35.6. The number of nitrogens with zero attached hydrogens (tertiary/aromatic N) is 3. The fourth-order valence-corrected chi connectivity index (χ4v) is 2.59. The van der Waals surface area contributed by atoms with Crippen LogP contribution in [-0.2, 0) is 16.8 Å². The summed E-state index contributed by atoms with van der Waals surface area (Å²) in [5.41, 5.74) is -2.80. The van der Waals surface area contributed by atoms with E-state index in [0.717, 1.165) is 12.8 Å². The van der Waals surface area contributed by atoms with Crippen molar-refractivity contribution in [1.29, 1.82) is 0 Å². The van der Waals surface area contributed by atoms with Crippen LogP contribution in [0.1, 0.15) is 44.0 Å². The summed E-state index contributed by atoms with van der Waals surface area (Å²) in [7, 11) is 0. The van der Waals surface area contributed by atoms with E-state index in [0.29, 0.717) is 17.5 Å². The largest absolute Gasteiger partial charge is 0.459 e. The van der Waals surface area contributed by atoms with Crippen molar-refractivity contribution in [3.8, 4) is 0 Å². The lowest BCUT2D eigenvalue weighted by Gasteiger charge is -2.30. The number of rotatable bonds is 7. The molecule has 0 spiro atoms. The van der Waals surface area contributed by atoms with Crippen LogP contribution in [0.2, 0.25) is 0 Å². The smallest absolute Gasteiger partial charge is 0.246 e. The second kappa shape index (κ2) is 8.09. The van der Waals surface area contributed by atoms with Crippen LogP contribution >= 0.6 is 58.0 Å². The van der Waals surface area contributed by atoms with E-state index in [1.165, 1.54) is 0 Å². The molecule has 0 aliphatic heterocycles. The molecule has 0 fully saturated rings. The van der Waals surface area contributed by atoms with Crippen LogP contribution in [0.25, 0.3) is 0 Å². The summed E-state index contributed by atoms with van der Waals surface area (Å²) in [5.74, 6) is -5.38. The molecule has 1 rings (SSSR count). The maximum absolute atomic E-state index is 13.8. The third-order valence-electron chi connectivity index (χ3n) is 3.27. The van der Waals surface area contributed by atoms with Crippen LogP contribution in [0.4, 0.5) is 22.0 Å². The van der Waals surface area contributed by atoms with Crippen LogP contribution in [-0.4, -0.2) is 25.0 Å². The number of unbranched alkanes of at least 4 members (excludes halogenated alkanes) is 3. The van der Waals surface area contributed by atoms with Gasteiger partial charge in [-0.05, 0) is 6.42 Å². The van der Waals surface area contributed by atoms with Gasteiger partial charge < -0.3 is 0 Å². The number of hydrogen-bond donors (Lipinski definition) is 0. The Labute approximate surface area is 165 Å². The molecule has 0 aliphatic carbocycles. The van der Waals surface area contributed by atoms with Gasteiger partial charge in [0.1, 0.15) is 5.69 Å². The Bertz CT molecular complexity index is 583. The lowest BCUT2D eigenvalue weighted by atomic mass is 10.1. The van der Waals surface area contributed by atoms with Gasteiger partial charge in [-0.2, -0.15) is 22.0 Å². The molecule has 1 aromatic heterocycles. The van der Waals surface area contributed by atoms with Crippen molar-refractivity contribution in [2.24, 2.45) is 0 Å². The molecule has 146 valence electrons. The summed E-state index contributed by atoms with van der Waals surface area (Å²) in [4.78, 5) is 0. The van der Waals surface area contributed by atoms with Gasteiger partial charge in [-0.3, -0.25) is 0 Å². The zero-order chi connectivity index (χ0) is 19.7. The van der Waals surface area contributed by atoms with Crippen molar-refractivity contribution < 1.29 is 22.0 Å². The van der Waals surface area contributed by atoms with Crippen LogP contribution in [0.3, 0.4) is 0 Å². The summed E-state index contributed by atoms with van der Waals surface area (Å²) >= 11 is 28.4. The molecule has 0 unspecified atom stereocenters. The van der Waals surface area contributed by atoms with Crippen LogP contribution < -0.4 is 0 Å². The van der Waals surface area contributed by atoms with E-state index in [4.69, 9.17) is 58.0 Å². The number of aryl methyl sites for hydroxylation is 1. The lowest BCUT2D eigenvalue weighted by Crippen LogP contribution is -2.39. The number of alkyl halides is 10. The van der Waals surface area contributed by atoms with Crippen LogP contribution in [0.5, 0.6) is 0 Å². The molecule has 0 aromatic carbocycles. The monoisotopic (exact) mass is 469 g/mol. The zero-order valence-electron chi connectivity index (χ0n) is 12.7. The van der Waals surface area contributed by atoms with E-state index >= 15 is 0 Å². The van der Waals surface area contributed by atoms with E-state index in [2.05, 4.69) is 10.3 Å². The first-order valence-corrected chi connectivity index (χ1v) is 8.90. The van der Waals surface area contributed by atoms with Gasteiger partial charge in [0.05, 0.1) is 0 Å². The van der Waals surface area contributed by atoms with Gasteiger partial charge in [-0.1, -0.05) is 89.4 Å². The fourth-order valence-electron chi connectivity index (χ4n) is 1.95.